The molecule has 1 saturated heterocycles. The average Bonchev–Trinajstić information content (AvgIpc) is 2.70. The van der Waals surface area contributed by atoms with E-state index in [9.17, 15) is 4.79 Å². The molecule has 132 valence electrons. The summed E-state index contributed by atoms with van der Waals surface area (Å²) >= 11 is 0. The Hall–Kier alpha value is -2.95. The summed E-state index contributed by atoms with van der Waals surface area (Å²) in [6.07, 6.45) is 7.04. The van der Waals surface area contributed by atoms with Gasteiger partial charge >= 0.3 is 0 Å². The van der Waals surface area contributed by atoms with Crippen molar-refractivity contribution < 1.29 is 9.53 Å². The maximum Gasteiger partial charge on any atom is 0.232 e. The maximum atomic E-state index is 12.7. The topological polar surface area (TPSA) is 55.3 Å². The van der Waals surface area contributed by atoms with Crippen LogP contribution in [0, 0.1) is 0 Å². The molecule has 0 radical (unpaired) electrons. The van der Waals surface area contributed by atoms with Crippen molar-refractivity contribution in [2.24, 2.45) is 0 Å². The summed E-state index contributed by atoms with van der Waals surface area (Å²) in [6.45, 7) is 1.43. The molecule has 3 aromatic rings. The minimum atomic E-state index is 0.0910. The number of carbonyl (C=O) groups is 1. The fourth-order valence-corrected chi connectivity index (χ4v) is 3.46. The van der Waals surface area contributed by atoms with Gasteiger partial charge in [-0.15, -0.1) is 0 Å². The monoisotopic (exact) mass is 347 g/mol. The van der Waals surface area contributed by atoms with Gasteiger partial charge in [0, 0.05) is 38.3 Å². The van der Waals surface area contributed by atoms with E-state index >= 15 is 0 Å². The zero-order valence-electron chi connectivity index (χ0n) is 14.5. The highest BCUT2D eigenvalue weighted by molar-refractivity contribution is 5.90. The van der Waals surface area contributed by atoms with Crippen LogP contribution in [-0.2, 0) is 11.2 Å². The van der Waals surface area contributed by atoms with Crippen molar-refractivity contribution in [1.29, 1.82) is 0 Å². The molecule has 4 rings (SSSR count). The zero-order chi connectivity index (χ0) is 17.8. The molecule has 2 aromatic carbocycles. The molecule has 1 aliphatic heterocycles. The van der Waals surface area contributed by atoms with E-state index in [1.165, 1.54) is 5.39 Å². The fourth-order valence-electron chi connectivity index (χ4n) is 3.46. The van der Waals surface area contributed by atoms with E-state index in [0.717, 1.165) is 23.8 Å². The van der Waals surface area contributed by atoms with Gasteiger partial charge in [0.25, 0.3) is 0 Å². The fraction of sp³-hybridized carbons (Fsp3) is 0.286. The number of hydrogen-bond acceptors (Lipinski definition) is 4. The SMILES string of the molecule is O=C(Cc1cccc2ccccc12)N1CCC(Oc2cnccn2)CC1. The van der Waals surface area contributed by atoms with Crippen LogP contribution < -0.4 is 4.74 Å². The molecule has 0 atom stereocenters. The number of nitrogens with zero attached hydrogens (tertiary/aromatic N) is 3. The first kappa shape index (κ1) is 16.5. The normalized spacial score (nSPS) is 15.2. The van der Waals surface area contributed by atoms with E-state index in [4.69, 9.17) is 4.74 Å². The van der Waals surface area contributed by atoms with Crippen molar-refractivity contribution >= 4 is 16.7 Å². The Morgan fingerprint density at radius 1 is 1.08 bits per heavy atom. The first-order chi connectivity index (χ1) is 12.8. The summed E-state index contributed by atoms with van der Waals surface area (Å²) in [5.74, 6) is 0.729. The van der Waals surface area contributed by atoms with Gasteiger partial charge in [-0.2, -0.15) is 0 Å². The van der Waals surface area contributed by atoms with Crippen LogP contribution in [0.3, 0.4) is 0 Å². The zero-order valence-corrected chi connectivity index (χ0v) is 14.5. The van der Waals surface area contributed by atoms with Gasteiger partial charge in [0.1, 0.15) is 6.10 Å². The van der Waals surface area contributed by atoms with Crippen molar-refractivity contribution in [3.8, 4) is 5.88 Å². The van der Waals surface area contributed by atoms with Gasteiger partial charge in [0.2, 0.25) is 11.8 Å². The smallest absolute Gasteiger partial charge is 0.232 e. The molecule has 1 fully saturated rings. The predicted molar refractivity (Wildman–Crippen MR) is 99.9 cm³/mol. The van der Waals surface area contributed by atoms with Gasteiger partial charge in [0.15, 0.2) is 0 Å². The lowest BCUT2D eigenvalue weighted by molar-refractivity contribution is -0.132. The second-order valence-corrected chi connectivity index (χ2v) is 6.56. The third-order valence-electron chi connectivity index (χ3n) is 4.84. The minimum absolute atomic E-state index is 0.0910. The van der Waals surface area contributed by atoms with Gasteiger partial charge in [-0.25, -0.2) is 4.98 Å². The van der Waals surface area contributed by atoms with Crippen LogP contribution in [0.2, 0.25) is 0 Å². The molecule has 5 nitrogen and oxygen atoms in total. The van der Waals surface area contributed by atoms with Crippen LogP contribution in [0.4, 0.5) is 0 Å². The Labute approximate surface area is 152 Å². The number of carbonyl (C=O) groups excluding carboxylic acids is 1. The minimum Gasteiger partial charge on any atom is -0.473 e. The number of ether oxygens (including phenoxy) is 1. The average molecular weight is 347 g/mol. The lowest BCUT2D eigenvalue weighted by atomic mass is 10.0. The molecule has 1 aromatic heterocycles. The van der Waals surface area contributed by atoms with Crippen LogP contribution in [0.1, 0.15) is 18.4 Å². The standard InChI is InChI=1S/C21H21N3O2/c25-21(14-17-6-3-5-16-4-1-2-7-19(16)17)24-12-8-18(9-13-24)26-20-15-22-10-11-23-20/h1-7,10-11,15,18H,8-9,12-14H2. The van der Waals surface area contributed by atoms with E-state index in [2.05, 4.69) is 28.2 Å². The Morgan fingerprint density at radius 3 is 2.69 bits per heavy atom. The van der Waals surface area contributed by atoms with Gasteiger partial charge in [-0.1, -0.05) is 42.5 Å². The molecule has 1 amide bonds. The van der Waals surface area contributed by atoms with E-state index in [1.54, 1.807) is 18.6 Å². The Bertz CT molecular complexity index is 885. The summed E-state index contributed by atoms with van der Waals surface area (Å²) in [4.78, 5) is 22.8. The lowest BCUT2D eigenvalue weighted by Crippen LogP contribution is -2.42. The highest BCUT2D eigenvalue weighted by atomic mass is 16.5. The quantitative estimate of drug-likeness (QED) is 0.727. The lowest BCUT2D eigenvalue weighted by Gasteiger charge is -2.32. The van der Waals surface area contributed by atoms with E-state index in [0.29, 0.717) is 25.4 Å². The summed E-state index contributed by atoms with van der Waals surface area (Å²) in [5, 5.41) is 2.33. The molecule has 0 bridgehead atoms. The number of fused-ring (bicyclic) bond motifs is 1. The molecule has 0 aliphatic carbocycles. The van der Waals surface area contributed by atoms with Crippen LogP contribution in [0.25, 0.3) is 10.8 Å². The van der Waals surface area contributed by atoms with E-state index in [-0.39, 0.29) is 12.0 Å². The van der Waals surface area contributed by atoms with Crippen LogP contribution in [0.5, 0.6) is 5.88 Å². The third kappa shape index (κ3) is 3.67. The number of likely N-dealkylation sites (tertiary alicyclic amines) is 1. The Balaban J connectivity index is 1.36. The summed E-state index contributed by atoms with van der Waals surface area (Å²) < 4.78 is 5.85. The van der Waals surface area contributed by atoms with E-state index in [1.807, 2.05) is 29.2 Å². The van der Waals surface area contributed by atoms with Crippen LogP contribution >= 0.6 is 0 Å². The van der Waals surface area contributed by atoms with Crippen LogP contribution in [0.15, 0.2) is 61.1 Å². The van der Waals surface area contributed by atoms with E-state index < -0.39 is 0 Å². The van der Waals surface area contributed by atoms with Gasteiger partial charge < -0.3 is 9.64 Å². The Morgan fingerprint density at radius 2 is 1.88 bits per heavy atom. The third-order valence-corrected chi connectivity index (χ3v) is 4.84. The van der Waals surface area contributed by atoms with Crippen molar-refractivity contribution in [2.45, 2.75) is 25.4 Å². The number of aromatic nitrogens is 2. The highest BCUT2D eigenvalue weighted by Crippen LogP contribution is 2.21. The Kier molecular flexibility index (Phi) is 4.78. The van der Waals surface area contributed by atoms with Crippen molar-refractivity contribution in [1.82, 2.24) is 14.9 Å². The van der Waals surface area contributed by atoms with Gasteiger partial charge in [-0.3, -0.25) is 9.78 Å². The number of hydrogen-bond donors (Lipinski definition) is 0. The van der Waals surface area contributed by atoms with Crippen LogP contribution in [-0.4, -0.2) is 40.0 Å². The molecular formula is C21H21N3O2. The maximum absolute atomic E-state index is 12.7. The number of piperidine rings is 1. The van der Waals surface area contributed by atoms with Crippen molar-refractivity contribution in [3.63, 3.8) is 0 Å². The van der Waals surface area contributed by atoms with Gasteiger partial charge in [0.05, 0.1) is 12.6 Å². The molecular weight excluding hydrogens is 326 g/mol. The first-order valence-electron chi connectivity index (χ1n) is 8.97. The first-order valence-corrected chi connectivity index (χ1v) is 8.97. The molecule has 26 heavy (non-hydrogen) atoms. The largest absolute Gasteiger partial charge is 0.473 e. The molecule has 1 aliphatic rings. The van der Waals surface area contributed by atoms with Crippen molar-refractivity contribution in [3.05, 3.63) is 66.6 Å². The van der Waals surface area contributed by atoms with Gasteiger partial charge in [-0.05, 0) is 16.3 Å². The number of benzene rings is 2. The number of amides is 1. The molecule has 0 spiro atoms. The molecule has 0 N–H and O–H groups in total. The second kappa shape index (κ2) is 7.52. The molecule has 5 heteroatoms. The molecule has 0 unspecified atom stereocenters. The summed E-state index contributed by atoms with van der Waals surface area (Å²) in [6, 6.07) is 14.4. The summed E-state index contributed by atoms with van der Waals surface area (Å²) in [5.41, 5.74) is 1.09. The summed E-state index contributed by atoms with van der Waals surface area (Å²) in [7, 11) is 0. The molecule has 0 saturated carbocycles. The van der Waals surface area contributed by atoms with Crippen molar-refractivity contribution in [2.75, 3.05) is 13.1 Å². The number of rotatable bonds is 4. The highest BCUT2D eigenvalue weighted by Gasteiger charge is 2.24. The predicted octanol–water partition coefficient (Wildman–Crippen LogP) is 3.24. The molecule has 2 heterocycles. The second-order valence-electron chi connectivity index (χ2n) is 6.56.